The Kier molecular flexibility index (Phi) is 8.85. The summed E-state index contributed by atoms with van der Waals surface area (Å²) in [4.78, 5) is 40.9. The Morgan fingerprint density at radius 1 is 1.24 bits per heavy atom. The Labute approximate surface area is 231 Å². The maximum atomic E-state index is 13.2. The van der Waals surface area contributed by atoms with Gasteiger partial charge in [-0.25, -0.2) is 15.3 Å². The number of pyridine rings is 1. The molecule has 4 rings (SSSR count). The highest BCUT2D eigenvalue weighted by Gasteiger charge is 2.40. The molecule has 0 radical (unpaired) electrons. The normalized spacial score (nSPS) is 18.6. The fourth-order valence-electron chi connectivity index (χ4n) is 5.35. The monoisotopic (exact) mass is 569 g/mol. The van der Waals surface area contributed by atoms with Gasteiger partial charge in [0.05, 0.1) is 12.7 Å². The van der Waals surface area contributed by atoms with Crippen molar-refractivity contribution in [3.63, 3.8) is 0 Å². The van der Waals surface area contributed by atoms with Crippen molar-refractivity contribution in [2.75, 3.05) is 33.3 Å². The smallest absolute Gasteiger partial charge is 0.341 e. The van der Waals surface area contributed by atoms with Crippen LogP contribution in [-0.2, 0) is 11.4 Å². The summed E-state index contributed by atoms with van der Waals surface area (Å²) < 4.78 is 0. The van der Waals surface area contributed by atoms with Crippen LogP contribution in [0.2, 0.25) is 10.3 Å². The third kappa shape index (κ3) is 5.98. The van der Waals surface area contributed by atoms with E-state index in [1.54, 1.807) is 23.2 Å². The Hall–Kier alpha value is -2.11. The van der Waals surface area contributed by atoms with Crippen molar-refractivity contribution in [3.8, 4) is 5.75 Å². The summed E-state index contributed by atoms with van der Waals surface area (Å²) in [6.45, 7) is 7.32. The van der Waals surface area contributed by atoms with Crippen molar-refractivity contribution in [2.24, 2.45) is 0 Å². The highest BCUT2D eigenvalue weighted by molar-refractivity contribution is 7.07. The molecule has 2 aliphatic heterocycles. The zero-order chi connectivity index (χ0) is 26.7. The number of nitrogens with zero attached hydrogens (tertiary/aromatic N) is 4. The number of carbonyl (C=O) groups is 2. The van der Waals surface area contributed by atoms with Crippen molar-refractivity contribution in [2.45, 2.75) is 57.7 Å². The predicted molar refractivity (Wildman–Crippen MR) is 144 cm³/mol. The Balaban J connectivity index is 1.37. The molecule has 2 fully saturated rings. The number of carbonyl (C=O) groups excluding carboxylic acids is 2. The number of piperidine rings is 2. The van der Waals surface area contributed by atoms with E-state index in [0.29, 0.717) is 25.2 Å². The van der Waals surface area contributed by atoms with Crippen LogP contribution in [0.1, 0.15) is 54.1 Å². The van der Waals surface area contributed by atoms with Crippen LogP contribution in [0.25, 0.3) is 0 Å². The first kappa shape index (κ1) is 27.9. The lowest BCUT2D eigenvalue weighted by Gasteiger charge is -2.50. The summed E-state index contributed by atoms with van der Waals surface area (Å²) in [5.74, 6) is -0.456. The SMILES string of the molecule is CONC(=O)N(Cc1ccsc1)C1CCN(C2(C)CCN(C(=O)c3c(Cl)nc(Cl)c(O)c3C)CC2)CC1. The van der Waals surface area contributed by atoms with E-state index in [9.17, 15) is 14.7 Å². The van der Waals surface area contributed by atoms with Crippen LogP contribution in [0.4, 0.5) is 4.79 Å². The van der Waals surface area contributed by atoms with Gasteiger partial charge >= 0.3 is 6.03 Å². The number of halogens is 2. The second-order valence-corrected chi connectivity index (χ2v) is 11.4. The van der Waals surface area contributed by atoms with Gasteiger partial charge in [0, 0.05) is 49.9 Å². The second-order valence-electron chi connectivity index (χ2n) is 9.92. The minimum atomic E-state index is -0.240. The summed E-state index contributed by atoms with van der Waals surface area (Å²) in [6.07, 6.45) is 3.36. The van der Waals surface area contributed by atoms with E-state index in [1.165, 1.54) is 7.11 Å². The molecule has 2 saturated heterocycles. The number of hydroxylamine groups is 1. The molecule has 0 unspecified atom stereocenters. The Morgan fingerprint density at radius 2 is 1.92 bits per heavy atom. The van der Waals surface area contributed by atoms with Gasteiger partial charge in [0.25, 0.3) is 5.91 Å². The number of thiophene rings is 1. The molecule has 4 heterocycles. The number of hydrogen-bond donors (Lipinski definition) is 2. The van der Waals surface area contributed by atoms with Crippen LogP contribution in [0.15, 0.2) is 16.8 Å². The minimum Gasteiger partial charge on any atom is -0.504 e. The number of aromatic nitrogens is 1. The number of likely N-dealkylation sites (tertiary alicyclic amines) is 2. The van der Waals surface area contributed by atoms with Crippen molar-refractivity contribution in [3.05, 3.63) is 43.8 Å². The average molecular weight is 571 g/mol. The molecule has 0 spiro atoms. The Bertz CT molecular complexity index is 1120. The molecule has 2 N–H and O–H groups in total. The molecule has 0 aromatic carbocycles. The molecule has 0 saturated carbocycles. The first-order valence-corrected chi connectivity index (χ1v) is 14.0. The highest BCUT2D eigenvalue weighted by Crippen LogP contribution is 2.36. The van der Waals surface area contributed by atoms with Crippen molar-refractivity contribution < 1.29 is 19.5 Å². The van der Waals surface area contributed by atoms with Crippen molar-refractivity contribution >= 4 is 46.5 Å². The van der Waals surface area contributed by atoms with Gasteiger partial charge in [-0.1, -0.05) is 23.2 Å². The molecule has 2 aromatic heterocycles. The van der Waals surface area contributed by atoms with E-state index in [1.807, 2.05) is 16.3 Å². The first-order chi connectivity index (χ1) is 17.6. The van der Waals surface area contributed by atoms with Gasteiger partial charge in [0.2, 0.25) is 0 Å². The fourth-order valence-corrected chi connectivity index (χ4v) is 6.58. The molecule has 202 valence electrons. The van der Waals surface area contributed by atoms with Gasteiger partial charge < -0.3 is 14.9 Å². The van der Waals surface area contributed by atoms with E-state index >= 15 is 0 Å². The average Bonchev–Trinajstić information content (AvgIpc) is 3.40. The van der Waals surface area contributed by atoms with Gasteiger partial charge in [-0.15, -0.1) is 0 Å². The van der Waals surface area contributed by atoms with Crippen LogP contribution in [0.5, 0.6) is 5.75 Å². The van der Waals surface area contributed by atoms with Crippen molar-refractivity contribution in [1.29, 1.82) is 0 Å². The predicted octanol–water partition coefficient (Wildman–Crippen LogP) is 4.70. The fraction of sp³-hybridized carbons (Fsp3) is 0.560. The van der Waals surface area contributed by atoms with E-state index in [0.717, 1.165) is 44.3 Å². The Morgan fingerprint density at radius 3 is 2.51 bits per heavy atom. The van der Waals surface area contributed by atoms with Gasteiger partial charge in [-0.3, -0.25) is 14.5 Å². The minimum absolute atomic E-state index is 0.00484. The summed E-state index contributed by atoms with van der Waals surface area (Å²) >= 11 is 13.7. The second kappa shape index (κ2) is 11.7. The van der Waals surface area contributed by atoms with Gasteiger partial charge in [-0.2, -0.15) is 11.3 Å². The topological polar surface area (TPSA) is 98.2 Å². The van der Waals surface area contributed by atoms with Crippen LogP contribution < -0.4 is 5.48 Å². The first-order valence-electron chi connectivity index (χ1n) is 12.3. The molecule has 9 nitrogen and oxygen atoms in total. The molecule has 3 amide bonds. The summed E-state index contributed by atoms with van der Waals surface area (Å²) in [7, 11) is 1.45. The van der Waals surface area contributed by atoms with E-state index in [2.05, 4.69) is 27.7 Å². The lowest BCUT2D eigenvalue weighted by molar-refractivity contribution is 0.00222. The van der Waals surface area contributed by atoms with Gasteiger partial charge in [0.15, 0.2) is 10.9 Å². The molecule has 12 heteroatoms. The van der Waals surface area contributed by atoms with Gasteiger partial charge in [-0.05, 0) is 61.9 Å². The van der Waals surface area contributed by atoms with Crippen LogP contribution in [-0.4, -0.2) is 81.6 Å². The lowest BCUT2D eigenvalue weighted by atomic mass is 9.85. The number of nitrogens with one attached hydrogen (secondary N) is 1. The van der Waals surface area contributed by atoms with E-state index in [4.69, 9.17) is 28.0 Å². The zero-order valence-electron chi connectivity index (χ0n) is 21.3. The highest BCUT2D eigenvalue weighted by atomic mass is 35.5. The third-order valence-electron chi connectivity index (χ3n) is 7.72. The van der Waals surface area contributed by atoms with Crippen LogP contribution in [0, 0.1) is 6.92 Å². The van der Waals surface area contributed by atoms with E-state index < -0.39 is 0 Å². The number of hydrogen-bond acceptors (Lipinski definition) is 7. The maximum absolute atomic E-state index is 13.2. The molecular weight excluding hydrogens is 537 g/mol. The number of urea groups is 1. The molecule has 2 aromatic rings. The largest absolute Gasteiger partial charge is 0.504 e. The lowest BCUT2D eigenvalue weighted by Crippen LogP contribution is -2.58. The van der Waals surface area contributed by atoms with E-state index in [-0.39, 0.29) is 45.1 Å². The zero-order valence-corrected chi connectivity index (χ0v) is 23.6. The molecule has 2 aliphatic rings. The molecule has 0 atom stereocenters. The van der Waals surface area contributed by atoms with Crippen LogP contribution in [0.3, 0.4) is 0 Å². The number of rotatable bonds is 6. The number of amides is 3. The maximum Gasteiger partial charge on any atom is 0.341 e. The third-order valence-corrected chi connectivity index (χ3v) is 8.99. The molecule has 0 aliphatic carbocycles. The van der Waals surface area contributed by atoms with Crippen LogP contribution >= 0.6 is 34.5 Å². The standard InChI is InChI=1S/C25H33Cl2N5O4S/c1-16-19(21(26)28-22(27)20(16)33)23(34)30-11-7-25(2,8-12-30)31-9-4-18(5-10-31)32(24(35)29-36-3)14-17-6-13-37-15-17/h6,13,15,18,33H,4-5,7-12,14H2,1-3H3,(H,29,35). The summed E-state index contributed by atoms with van der Waals surface area (Å²) in [5.41, 5.74) is 4.09. The number of aromatic hydroxyl groups is 1. The van der Waals surface area contributed by atoms with Crippen molar-refractivity contribution in [1.82, 2.24) is 25.2 Å². The summed E-state index contributed by atoms with van der Waals surface area (Å²) in [6, 6.07) is 1.94. The molecule has 37 heavy (non-hydrogen) atoms. The molecule has 0 bridgehead atoms. The summed E-state index contributed by atoms with van der Waals surface area (Å²) in [5, 5.41) is 14.1. The molecular formula is C25H33Cl2N5O4S. The quantitative estimate of drug-likeness (QED) is 0.386. The van der Waals surface area contributed by atoms with Gasteiger partial charge in [0.1, 0.15) is 5.15 Å².